The van der Waals surface area contributed by atoms with Gasteiger partial charge in [-0.1, -0.05) is 18.2 Å². The minimum Gasteiger partial charge on any atom is -0.545 e. The number of imide groups is 1. The Balaban J connectivity index is 1.28. The van der Waals surface area contributed by atoms with Crippen molar-refractivity contribution >= 4 is 46.5 Å². The molecule has 1 fully saturated rings. The fourth-order valence-corrected chi connectivity index (χ4v) is 4.60. The molecule has 36 heavy (non-hydrogen) atoms. The van der Waals surface area contributed by atoms with Crippen LogP contribution in [0.25, 0.3) is 17.4 Å². The van der Waals surface area contributed by atoms with E-state index in [-0.39, 0.29) is 17.3 Å². The molecular formula is C25H17N2O8S-. The molecule has 2 aliphatic heterocycles. The zero-order valence-electron chi connectivity index (χ0n) is 18.7. The molecule has 2 aromatic carbocycles. The fraction of sp³-hybridized carbons (Fsp3) is 0.120. The average Bonchev–Trinajstić information content (AvgIpc) is 3.56. The summed E-state index contributed by atoms with van der Waals surface area (Å²) in [6.07, 6.45) is 1.40. The van der Waals surface area contributed by atoms with Crippen LogP contribution < -0.4 is 19.9 Å². The lowest BCUT2D eigenvalue weighted by molar-refractivity contribution is -0.255. The lowest BCUT2D eigenvalue weighted by atomic mass is 10.0. The second-order valence-electron chi connectivity index (χ2n) is 7.85. The van der Waals surface area contributed by atoms with Gasteiger partial charge in [-0.3, -0.25) is 19.3 Å². The predicted octanol–water partition coefficient (Wildman–Crippen LogP) is 3.02. The van der Waals surface area contributed by atoms with Crippen LogP contribution in [0.2, 0.25) is 0 Å². The SMILES string of the molecule is Cc1c(C(=O)[O-])cccc1-c1ccc(/C=C2/SC(=O)N(CC(=O)Nc3ccc4c(c3)OCO4)C2=O)o1. The number of carboxylic acid groups (broad SMARTS) is 1. The molecule has 10 nitrogen and oxygen atoms in total. The Morgan fingerprint density at radius 1 is 1.11 bits per heavy atom. The van der Waals surface area contributed by atoms with Crippen molar-refractivity contribution in [3.8, 4) is 22.8 Å². The van der Waals surface area contributed by atoms with Crippen LogP contribution in [0.1, 0.15) is 21.7 Å². The molecule has 5 rings (SSSR count). The molecule has 0 aliphatic carbocycles. The molecule has 182 valence electrons. The van der Waals surface area contributed by atoms with Gasteiger partial charge in [-0.2, -0.15) is 0 Å². The molecule has 1 saturated heterocycles. The van der Waals surface area contributed by atoms with E-state index in [1.54, 1.807) is 49.4 Å². The highest BCUT2D eigenvalue weighted by atomic mass is 32.2. The first-order valence-corrected chi connectivity index (χ1v) is 11.5. The van der Waals surface area contributed by atoms with Crippen LogP contribution in [-0.4, -0.2) is 41.3 Å². The van der Waals surface area contributed by atoms with Crippen molar-refractivity contribution in [3.05, 3.63) is 70.3 Å². The molecule has 0 radical (unpaired) electrons. The van der Waals surface area contributed by atoms with E-state index >= 15 is 0 Å². The van der Waals surface area contributed by atoms with Crippen LogP contribution in [0.5, 0.6) is 11.5 Å². The molecule has 0 atom stereocenters. The Hall–Kier alpha value is -4.51. The van der Waals surface area contributed by atoms with Gasteiger partial charge in [0, 0.05) is 29.0 Å². The number of carboxylic acids is 1. The molecule has 3 amide bonds. The second kappa shape index (κ2) is 9.27. The van der Waals surface area contributed by atoms with Crippen molar-refractivity contribution in [1.82, 2.24) is 4.90 Å². The van der Waals surface area contributed by atoms with E-state index in [1.807, 2.05) is 0 Å². The Kier molecular flexibility index (Phi) is 5.98. The van der Waals surface area contributed by atoms with E-state index in [0.29, 0.717) is 51.6 Å². The summed E-state index contributed by atoms with van der Waals surface area (Å²) in [5.41, 5.74) is 1.52. The average molecular weight is 505 g/mol. The summed E-state index contributed by atoms with van der Waals surface area (Å²) in [5, 5.41) is 13.3. The predicted molar refractivity (Wildman–Crippen MR) is 127 cm³/mol. The Morgan fingerprint density at radius 3 is 2.72 bits per heavy atom. The third-order valence-corrected chi connectivity index (χ3v) is 6.46. The molecule has 0 bridgehead atoms. The monoisotopic (exact) mass is 505 g/mol. The number of hydrogen-bond donors (Lipinski definition) is 1. The van der Waals surface area contributed by atoms with E-state index in [1.165, 1.54) is 12.1 Å². The van der Waals surface area contributed by atoms with Gasteiger partial charge in [0.2, 0.25) is 12.7 Å². The van der Waals surface area contributed by atoms with Crippen molar-refractivity contribution in [3.63, 3.8) is 0 Å². The van der Waals surface area contributed by atoms with Gasteiger partial charge in [0.05, 0.1) is 10.9 Å². The lowest BCUT2D eigenvalue weighted by Crippen LogP contribution is -2.36. The van der Waals surface area contributed by atoms with Crippen LogP contribution in [0.4, 0.5) is 10.5 Å². The second-order valence-corrected chi connectivity index (χ2v) is 8.84. The molecular weight excluding hydrogens is 488 g/mol. The number of benzene rings is 2. The highest BCUT2D eigenvalue weighted by Crippen LogP contribution is 2.35. The van der Waals surface area contributed by atoms with Crippen LogP contribution in [0.15, 0.2) is 57.9 Å². The summed E-state index contributed by atoms with van der Waals surface area (Å²) in [6.45, 7) is 1.27. The van der Waals surface area contributed by atoms with Crippen molar-refractivity contribution in [2.75, 3.05) is 18.7 Å². The standard InChI is InChI=1S/C25H18N2O8S/c1-13-16(3-2-4-17(13)24(30)31)18-8-6-15(35-18)10-21-23(29)27(25(32)36-21)11-22(28)26-14-5-7-19-20(9-14)34-12-33-19/h2-10H,11-12H2,1H3,(H,26,28)(H,30,31)/p-1/b21-10+. The number of thioether (sulfide) groups is 1. The number of furan rings is 1. The maximum atomic E-state index is 12.8. The Labute approximate surface area is 208 Å². The summed E-state index contributed by atoms with van der Waals surface area (Å²) < 4.78 is 16.3. The van der Waals surface area contributed by atoms with Gasteiger partial charge in [0.15, 0.2) is 11.5 Å². The Morgan fingerprint density at radius 2 is 1.92 bits per heavy atom. The molecule has 3 aromatic rings. The molecule has 2 aliphatic rings. The number of nitrogens with one attached hydrogen (secondary N) is 1. The summed E-state index contributed by atoms with van der Waals surface area (Å²) in [6, 6.07) is 12.8. The van der Waals surface area contributed by atoms with Gasteiger partial charge in [-0.05, 0) is 48.5 Å². The van der Waals surface area contributed by atoms with E-state index in [9.17, 15) is 24.3 Å². The number of anilines is 1. The van der Waals surface area contributed by atoms with E-state index in [4.69, 9.17) is 13.9 Å². The van der Waals surface area contributed by atoms with E-state index in [0.717, 1.165) is 4.90 Å². The van der Waals surface area contributed by atoms with E-state index < -0.39 is 29.6 Å². The number of rotatable bonds is 6. The zero-order valence-corrected chi connectivity index (χ0v) is 19.5. The molecule has 0 spiro atoms. The van der Waals surface area contributed by atoms with Gasteiger partial charge in [-0.25, -0.2) is 0 Å². The molecule has 11 heteroatoms. The highest BCUT2D eigenvalue weighted by Gasteiger charge is 2.36. The van der Waals surface area contributed by atoms with Crippen LogP contribution in [0.3, 0.4) is 0 Å². The Bertz CT molecular complexity index is 1460. The molecule has 1 aromatic heterocycles. The number of ether oxygens (including phenoxy) is 2. The van der Waals surface area contributed by atoms with E-state index in [2.05, 4.69) is 5.32 Å². The maximum absolute atomic E-state index is 12.8. The van der Waals surface area contributed by atoms with Gasteiger partial charge < -0.3 is 29.1 Å². The topological polar surface area (TPSA) is 138 Å². The lowest BCUT2D eigenvalue weighted by Gasteiger charge is -2.12. The first-order valence-electron chi connectivity index (χ1n) is 10.7. The largest absolute Gasteiger partial charge is 0.545 e. The quantitative estimate of drug-likeness (QED) is 0.501. The minimum absolute atomic E-state index is 0.0468. The van der Waals surface area contributed by atoms with Gasteiger partial charge in [0.1, 0.15) is 18.1 Å². The fourth-order valence-electron chi connectivity index (χ4n) is 3.78. The smallest absolute Gasteiger partial charge is 0.294 e. The van der Waals surface area contributed by atoms with Crippen molar-refractivity contribution in [1.29, 1.82) is 0 Å². The van der Waals surface area contributed by atoms with Crippen molar-refractivity contribution in [2.24, 2.45) is 0 Å². The van der Waals surface area contributed by atoms with Crippen LogP contribution >= 0.6 is 11.8 Å². The van der Waals surface area contributed by atoms with Crippen LogP contribution in [0, 0.1) is 6.92 Å². The molecule has 1 N–H and O–H groups in total. The summed E-state index contributed by atoms with van der Waals surface area (Å²) >= 11 is 0.692. The van der Waals surface area contributed by atoms with Crippen molar-refractivity contribution < 1.29 is 38.2 Å². The number of fused-ring (bicyclic) bond motifs is 1. The zero-order chi connectivity index (χ0) is 25.4. The third kappa shape index (κ3) is 4.43. The number of aromatic carboxylic acids is 1. The number of nitrogens with zero attached hydrogens (tertiary/aromatic N) is 1. The van der Waals surface area contributed by atoms with Crippen molar-refractivity contribution in [2.45, 2.75) is 6.92 Å². The molecule has 0 saturated carbocycles. The normalized spacial score (nSPS) is 15.6. The maximum Gasteiger partial charge on any atom is 0.294 e. The highest BCUT2D eigenvalue weighted by molar-refractivity contribution is 8.18. The first-order chi connectivity index (χ1) is 17.3. The number of hydrogen-bond acceptors (Lipinski definition) is 9. The summed E-state index contributed by atoms with van der Waals surface area (Å²) in [5.74, 6) is -0.742. The molecule has 3 heterocycles. The summed E-state index contributed by atoms with van der Waals surface area (Å²) in [4.78, 5) is 49.9. The van der Waals surface area contributed by atoms with Gasteiger partial charge >= 0.3 is 0 Å². The van der Waals surface area contributed by atoms with Gasteiger partial charge in [-0.15, -0.1) is 0 Å². The minimum atomic E-state index is -1.29. The first kappa shape index (κ1) is 23.2. The number of amides is 3. The summed E-state index contributed by atoms with van der Waals surface area (Å²) in [7, 11) is 0. The third-order valence-electron chi connectivity index (χ3n) is 5.55. The number of carbonyl (C=O) groups is 4. The molecule has 0 unspecified atom stereocenters. The van der Waals surface area contributed by atoms with Crippen LogP contribution in [-0.2, 0) is 9.59 Å². The van der Waals surface area contributed by atoms with Gasteiger partial charge in [0.25, 0.3) is 11.1 Å². The number of carbonyl (C=O) groups excluding carboxylic acids is 4.